The molecule has 3 N–H and O–H groups in total. The molecule has 16 heavy (non-hydrogen) atoms. The molecule has 2 aromatic rings. The zero-order valence-corrected chi connectivity index (χ0v) is 9.44. The van der Waals surface area contributed by atoms with Crippen molar-refractivity contribution in [3.05, 3.63) is 30.6 Å². The molecule has 2 aromatic heterocycles. The smallest absolute Gasteiger partial charge is 0.126 e. The molecule has 0 aromatic carbocycles. The van der Waals surface area contributed by atoms with Gasteiger partial charge in [0.15, 0.2) is 0 Å². The number of aromatic amines is 1. The molecule has 0 aliphatic rings. The number of hydrogen-bond donors (Lipinski definition) is 2. The van der Waals surface area contributed by atoms with Crippen molar-refractivity contribution in [3.8, 4) is 11.4 Å². The molecular weight excluding hydrogens is 202 g/mol. The van der Waals surface area contributed by atoms with Crippen molar-refractivity contribution in [1.29, 1.82) is 0 Å². The molecule has 0 amide bonds. The van der Waals surface area contributed by atoms with Crippen molar-refractivity contribution in [2.75, 3.05) is 0 Å². The second-order valence-electron chi connectivity index (χ2n) is 4.01. The van der Waals surface area contributed by atoms with Gasteiger partial charge in [-0.05, 0) is 13.3 Å². The van der Waals surface area contributed by atoms with Crippen molar-refractivity contribution in [1.82, 2.24) is 19.9 Å². The van der Waals surface area contributed by atoms with Crippen molar-refractivity contribution >= 4 is 0 Å². The molecule has 1 unspecified atom stereocenters. The fourth-order valence-electron chi connectivity index (χ4n) is 1.35. The van der Waals surface area contributed by atoms with Crippen LogP contribution < -0.4 is 5.73 Å². The summed E-state index contributed by atoms with van der Waals surface area (Å²) in [5.74, 6) is 0.774. The summed E-state index contributed by atoms with van der Waals surface area (Å²) in [6.07, 6.45) is 7.54. The van der Waals surface area contributed by atoms with E-state index in [1.165, 1.54) is 0 Å². The molecule has 84 valence electrons. The summed E-state index contributed by atoms with van der Waals surface area (Å²) in [6.45, 7) is 3.98. The second kappa shape index (κ2) is 4.02. The van der Waals surface area contributed by atoms with Gasteiger partial charge in [0.1, 0.15) is 11.5 Å². The van der Waals surface area contributed by atoms with Gasteiger partial charge in [0.2, 0.25) is 0 Å². The van der Waals surface area contributed by atoms with Crippen LogP contribution >= 0.6 is 0 Å². The van der Waals surface area contributed by atoms with E-state index in [9.17, 15) is 0 Å². The Morgan fingerprint density at radius 3 is 2.75 bits per heavy atom. The fourth-order valence-corrected chi connectivity index (χ4v) is 1.35. The minimum atomic E-state index is -0.430. The minimum Gasteiger partial charge on any atom is -0.339 e. The van der Waals surface area contributed by atoms with E-state index < -0.39 is 5.54 Å². The van der Waals surface area contributed by atoms with Crippen LogP contribution in [-0.2, 0) is 5.54 Å². The SMILES string of the molecule is CCC(C)(N)c1ncc(-c2cnccn2)[nH]1. The predicted molar refractivity (Wildman–Crippen MR) is 61.4 cm³/mol. The maximum absolute atomic E-state index is 6.10. The van der Waals surface area contributed by atoms with Crippen LogP contribution in [0.5, 0.6) is 0 Å². The lowest BCUT2D eigenvalue weighted by molar-refractivity contribution is 0.450. The van der Waals surface area contributed by atoms with E-state index in [-0.39, 0.29) is 0 Å². The normalized spacial score (nSPS) is 14.7. The van der Waals surface area contributed by atoms with E-state index in [2.05, 4.69) is 19.9 Å². The molecule has 0 spiro atoms. The van der Waals surface area contributed by atoms with E-state index in [1.54, 1.807) is 24.8 Å². The molecule has 0 fully saturated rings. The predicted octanol–water partition coefficient (Wildman–Crippen LogP) is 1.45. The van der Waals surface area contributed by atoms with Crippen LogP contribution in [0.2, 0.25) is 0 Å². The third-order valence-corrected chi connectivity index (χ3v) is 2.69. The molecular formula is C11H15N5. The number of nitrogens with zero attached hydrogens (tertiary/aromatic N) is 3. The van der Waals surface area contributed by atoms with E-state index in [4.69, 9.17) is 5.73 Å². The van der Waals surface area contributed by atoms with Crippen LogP contribution in [0, 0.1) is 0 Å². The highest BCUT2D eigenvalue weighted by Gasteiger charge is 2.22. The van der Waals surface area contributed by atoms with Crippen molar-refractivity contribution in [3.63, 3.8) is 0 Å². The van der Waals surface area contributed by atoms with Crippen LogP contribution in [0.25, 0.3) is 11.4 Å². The molecule has 0 saturated carbocycles. The summed E-state index contributed by atoms with van der Waals surface area (Å²) in [7, 11) is 0. The lowest BCUT2D eigenvalue weighted by atomic mass is 10.0. The average molecular weight is 217 g/mol. The topological polar surface area (TPSA) is 80.5 Å². The van der Waals surface area contributed by atoms with E-state index in [0.29, 0.717) is 0 Å². The molecule has 1 atom stereocenters. The van der Waals surface area contributed by atoms with E-state index >= 15 is 0 Å². The van der Waals surface area contributed by atoms with Gasteiger partial charge >= 0.3 is 0 Å². The van der Waals surface area contributed by atoms with Crippen molar-refractivity contribution in [2.24, 2.45) is 5.73 Å². The summed E-state index contributed by atoms with van der Waals surface area (Å²) in [5.41, 5.74) is 7.28. The van der Waals surface area contributed by atoms with Gasteiger partial charge < -0.3 is 10.7 Å². The Balaban J connectivity index is 2.34. The number of rotatable bonds is 3. The third kappa shape index (κ3) is 1.94. The Bertz CT molecular complexity index is 460. The lowest BCUT2D eigenvalue weighted by Gasteiger charge is -2.19. The summed E-state index contributed by atoms with van der Waals surface area (Å²) < 4.78 is 0. The van der Waals surface area contributed by atoms with Crippen LogP contribution in [0.3, 0.4) is 0 Å². The van der Waals surface area contributed by atoms with Gasteiger partial charge in [0.05, 0.1) is 23.6 Å². The number of nitrogens with two attached hydrogens (primary N) is 1. The standard InChI is InChI=1S/C11H15N5/c1-3-11(2,12)10-15-7-9(16-10)8-6-13-4-5-14-8/h4-7H,3,12H2,1-2H3,(H,15,16). The van der Waals surface area contributed by atoms with Crippen LogP contribution in [0.4, 0.5) is 0 Å². The monoisotopic (exact) mass is 217 g/mol. The Kier molecular flexibility index (Phi) is 2.70. The highest BCUT2D eigenvalue weighted by atomic mass is 15.0. The summed E-state index contributed by atoms with van der Waals surface area (Å²) >= 11 is 0. The number of imidazole rings is 1. The highest BCUT2D eigenvalue weighted by molar-refractivity contribution is 5.51. The van der Waals surface area contributed by atoms with Crippen LogP contribution in [-0.4, -0.2) is 19.9 Å². The van der Waals surface area contributed by atoms with E-state index in [1.807, 2.05) is 13.8 Å². The summed E-state index contributed by atoms with van der Waals surface area (Å²) in [4.78, 5) is 15.7. The molecule has 5 nitrogen and oxygen atoms in total. The summed E-state index contributed by atoms with van der Waals surface area (Å²) in [5, 5.41) is 0. The zero-order valence-electron chi connectivity index (χ0n) is 9.44. The number of nitrogens with one attached hydrogen (secondary N) is 1. The Labute approximate surface area is 94.2 Å². The first-order valence-corrected chi connectivity index (χ1v) is 5.24. The maximum Gasteiger partial charge on any atom is 0.126 e. The van der Waals surface area contributed by atoms with Gasteiger partial charge in [0.25, 0.3) is 0 Å². The summed E-state index contributed by atoms with van der Waals surface area (Å²) in [6, 6.07) is 0. The quantitative estimate of drug-likeness (QED) is 0.815. The first kappa shape index (κ1) is 10.8. The number of aromatic nitrogens is 4. The molecule has 0 aliphatic heterocycles. The van der Waals surface area contributed by atoms with Gasteiger partial charge in [-0.15, -0.1) is 0 Å². The minimum absolute atomic E-state index is 0.430. The average Bonchev–Trinajstić information content (AvgIpc) is 2.80. The first-order chi connectivity index (χ1) is 7.63. The van der Waals surface area contributed by atoms with Gasteiger partial charge in [-0.3, -0.25) is 9.97 Å². The van der Waals surface area contributed by atoms with Gasteiger partial charge in [-0.25, -0.2) is 4.98 Å². The molecule has 0 radical (unpaired) electrons. The largest absolute Gasteiger partial charge is 0.339 e. The van der Waals surface area contributed by atoms with Crippen molar-refractivity contribution in [2.45, 2.75) is 25.8 Å². The first-order valence-electron chi connectivity index (χ1n) is 5.24. The maximum atomic E-state index is 6.10. The van der Waals surface area contributed by atoms with Crippen LogP contribution in [0.15, 0.2) is 24.8 Å². The Morgan fingerprint density at radius 2 is 2.12 bits per heavy atom. The van der Waals surface area contributed by atoms with Crippen molar-refractivity contribution < 1.29 is 0 Å². The second-order valence-corrected chi connectivity index (χ2v) is 4.01. The molecule has 2 rings (SSSR count). The van der Waals surface area contributed by atoms with Gasteiger partial charge in [-0.2, -0.15) is 0 Å². The third-order valence-electron chi connectivity index (χ3n) is 2.69. The van der Waals surface area contributed by atoms with Crippen LogP contribution in [0.1, 0.15) is 26.1 Å². The molecule has 0 saturated heterocycles. The Hall–Kier alpha value is -1.75. The highest BCUT2D eigenvalue weighted by Crippen LogP contribution is 2.21. The molecule has 5 heteroatoms. The fraction of sp³-hybridized carbons (Fsp3) is 0.364. The van der Waals surface area contributed by atoms with Gasteiger partial charge in [-0.1, -0.05) is 6.92 Å². The van der Waals surface area contributed by atoms with Gasteiger partial charge in [0, 0.05) is 12.4 Å². The number of hydrogen-bond acceptors (Lipinski definition) is 4. The lowest BCUT2D eigenvalue weighted by Crippen LogP contribution is -2.33. The molecule has 0 bridgehead atoms. The number of H-pyrrole nitrogens is 1. The molecule has 2 heterocycles. The van der Waals surface area contributed by atoms with E-state index in [0.717, 1.165) is 23.6 Å². The molecule has 0 aliphatic carbocycles. The zero-order chi connectivity index (χ0) is 11.6. The Morgan fingerprint density at radius 1 is 1.31 bits per heavy atom.